The maximum atomic E-state index is 12.0. The minimum Gasteiger partial charge on any atom is -0.480 e. The van der Waals surface area contributed by atoms with E-state index in [1.165, 1.54) is 24.3 Å². The largest absolute Gasteiger partial charge is 0.480 e. The fourth-order valence-corrected chi connectivity index (χ4v) is 3.10. The molecule has 1 saturated carbocycles. The zero-order valence-electron chi connectivity index (χ0n) is 15.6. The first-order valence-electron chi connectivity index (χ1n) is 9.08. The average molecular weight is 392 g/mol. The third-order valence-corrected chi connectivity index (χ3v) is 4.72. The van der Waals surface area contributed by atoms with Gasteiger partial charge in [0.2, 0.25) is 5.91 Å². The van der Waals surface area contributed by atoms with Crippen LogP contribution in [0.2, 0.25) is 0 Å². The molecule has 0 heterocycles. The van der Waals surface area contributed by atoms with Crippen molar-refractivity contribution < 1.29 is 24.4 Å². The molecule has 1 aliphatic rings. The van der Waals surface area contributed by atoms with E-state index >= 15 is 0 Å². The summed E-state index contributed by atoms with van der Waals surface area (Å²) >= 11 is 0. The lowest BCUT2D eigenvalue weighted by atomic mass is 9.85. The molecule has 2 rings (SSSR count). The van der Waals surface area contributed by atoms with Crippen LogP contribution in [0.15, 0.2) is 24.3 Å². The van der Waals surface area contributed by atoms with Gasteiger partial charge in [-0.25, -0.2) is 0 Å². The maximum absolute atomic E-state index is 12.0. The predicted molar refractivity (Wildman–Crippen MR) is 99.9 cm³/mol. The molecule has 0 unspecified atom stereocenters. The van der Waals surface area contributed by atoms with Crippen molar-refractivity contribution in [3.63, 3.8) is 0 Å². The summed E-state index contributed by atoms with van der Waals surface area (Å²) in [7, 11) is 0. The predicted octanol–water partition coefficient (Wildman–Crippen LogP) is 0.768. The average Bonchev–Trinajstić information content (AvgIpc) is 2.62. The monoisotopic (exact) mass is 392 g/mol. The summed E-state index contributed by atoms with van der Waals surface area (Å²) in [6.45, 7) is 2.70. The summed E-state index contributed by atoms with van der Waals surface area (Å²) in [5.41, 5.74) is 0.186. The van der Waals surface area contributed by atoms with Crippen molar-refractivity contribution >= 4 is 23.5 Å². The SMILES string of the molecule is CCN(CC(=O)O)C1CC(NC(=O)CCNC(=O)c2ccc([N+](=O)[O-])cc2)C1. The van der Waals surface area contributed by atoms with Crippen LogP contribution in [0, 0.1) is 10.1 Å². The molecule has 10 nitrogen and oxygen atoms in total. The zero-order chi connectivity index (χ0) is 20.7. The molecular formula is C18H24N4O6. The van der Waals surface area contributed by atoms with Gasteiger partial charge in [-0.1, -0.05) is 6.92 Å². The van der Waals surface area contributed by atoms with E-state index in [0.717, 1.165) is 0 Å². The van der Waals surface area contributed by atoms with Crippen LogP contribution in [0.1, 0.15) is 36.5 Å². The van der Waals surface area contributed by atoms with Gasteiger partial charge in [0.1, 0.15) is 0 Å². The van der Waals surface area contributed by atoms with E-state index in [0.29, 0.717) is 19.4 Å². The van der Waals surface area contributed by atoms with E-state index in [-0.39, 0.29) is 48.8 Å². The van der Waals surface area contributed by atoms with Crippen molar-refractivity contribution in [2.75, 3.05) is 19.6 Å². The molecule has 152 valence electrons. The molecule has 1 aromatic rings. The highest BCUT2D eigenvalue weighted by Crippen LogP contribution is 2.25. The van der Waals surface area contributed by atoms with Gasteiger partial charge in [0.15, 0.2) is 0 Å². The smallest absolute Gasteiger partial charge is 0.317 e. The van der Waals surface area contributed by atoms with Gasteiger partial charge in [0, 0.05) is 42.7 Å². The number of carboxylic acid groups (broad SMARTS) is 1. The topological polar surface area (TPSA) is 142 Å². The third kappa shape index (κ3) is 6.02. The molecule has 0 aromatic heterocycles. The first-order valence-corrected chi connectivity index (χ1v) is 9.08. The second-order valence-corrected chi connectivity index (χ2v) is 6.66. The van der Waals surface area contributed by atoms with Crippen molar-refractivity contribution in [2.45, 2.75) is 38.3 Å². The standard InChI is InChI=1S/C18H24N4O6/c1-2-21(11-17(24)25)15-9-13(10-15)20-16(23)7-8-19-18(26)12-3-5-14(6-4-12)22(27)28/h3-6,13,15H,2,7-11H2,1H3,(H,19,26)(H,20,23)(H,24,25). The van der Waals surface area contributed by atoms with Gasteiger partial charge in [0.05, 0.1) is 11.5 Å². The molecule has 1 aliphatic carbocycles. The lowest BCUT2D eigenvalue weighted by Gasteiger charge is -2.42. The number of hydrogen-bond donors (Lipinski definition) is 3. The molecule has 1 fully saturated rings. The van der Waals surface area contributed by atoms with Crippen LogP contribution < -0.4 is 10.6 Å². The molecule has 0 bridgehead atoms. The van der Waals surface area contributed by atoms with Crippen molar-refractivity contribution in [1.82, 2.24) is 15.5 Å². The number of carboxylic acids is 1. The Morgan fingerprint density at radius 1 is 1.25 bits per heavy atom. The summed E-state index contributed by atoms with van der Waals surface area (Å²) in [5.74, 6) is -1.45. The summed E-state index contributed by atoms with van der Waals surface area (Å²) in [6.07, 6.45) is 1.54. The number of rotatable bonds is 10. The molecule has 0 aliphatic heterocycles. The Morgan fingerprint density at radius 2 is 1.89 bits per heavy atom. The van der Waals surface area contributed by atoms with Crippen LogP contribution in [-0.2, 0) is 9.59 Å². The maximum Gasteiger partial charge on any atom is 0.317 e. The van der Waals surface area contributed by atoms with E-state index in [9.17, 15) is 24.5 Å². The van der Waals surface area contributed by atoms with Crippen LogP contribution in [0.4, 0.5) is 5.69 Å². The Kier molecular flexibility index (Phi) is 7.44. The first kappa shape index (κ1) is 21.3. The van der Waals surface area contributed by atoms with Gasteiger partial charge in [0.25, 0.3) is 11.6 Å². The van der Waals surface area contributed by atoms with Crippen molar-refractivity contribution in [3.8, 4) is 0 Å². The first-order chi connectivity index (χ1) is 13.3. The van der Waals surface area contributed by atoms with Gasteiger partial charge >= 0.3 is 5.97 Å². The normalized spacial score (nSPS) is 18.2. The summed E-state index contributed by atoms with van der Waals surface area (Å²) in [4.78, 5) is 46.7. The number of hydrogen-bond acceptors (Lipinski definition) is 6. The fraction of sp³-hybridized carbons (Fsp3) is 0.500. The van der Waals surface area contributed by atoms with E-state index in [1.807, 2.05) is 11.8 Å². The lowest BCUT2D eigenvalue weighted by Crippen LogP contribution is -2.55. The van der Waals surface area contributed by atoms with Gasteiger partial charge in [-0.15, -0.1) is 0 Å². The van der Waals surface area contributed by atoms with Crippen molar-refractivity contribution in [1.29, 1.82) is 0 Å². The number of benzene rings is 1. The summed E-state index contributed by atoms with van der Waals surface area (Å²) in [5, 5.41) is 25.0. The van der Waals surface area contributed by atoms with Crippen LogP contribution in [0.25, 0.3) is 0 Å². The Labute approximate surface area is 162 Å². The van der Waals surface area contributed by atoms with Gasteiger partial charge in [-0.2, -0.15) is 0 Å². The number of nitro benzene ring substituents is 1. The molecular weight excluding hydrogens is 368 g/mol. The second kappa shape index (κ2) is 9.79. The van der Waals surface area contributed by atoms with Crippen LogP contribution in [0.3, 0.4) is 0 Å². The highest BCUT2D eigenvalue weighted by atomic mass is 16.6. The van der Waals surface area contributed by atoms with Crippen molar-refractivity contribution in [2.24, 2.45) is 0 Å². The Balaban J connectivity index is 1.66. The molecule has 2 amide bonds. The van der Waals surface area contributed by atoms with E-state index in [2.05, 4.69) is 10.6 Å². The van der Waals surface area contributed by atoms with Gasteiger partial charge < -0.3 is 15.7 Å². The van der Waals surface area contributed by atoms with Gasteiger partial charge in [-0.05, 0) is 31.5 Å². The van der Waals surface area contributed by atoms with Crippen LogP contribution in [0.5, 0.6) is 0 Å². The number of carbonyl (C=O) groups excluding carboxylic acids is 2. The van der Waals surface area contributed by atoms with E-state index in [1.54, 1.807) is 0 Å². The molecule has 0 radical (unpaired) electrons. The number of carbonyl (C=O) groups is 3. The number of aliphatic carboxylic acids is 1. The molecule has 1 aromatic carbocycles. The summed E-state index contributed by atoms with van der Waals surface area (Å²) in [6, 6.07) is 5.40. The fourth-order valence-electron chi connectivity index (χ4n) is 3.10. The number of nitrogens with one attached hydrogen (secondary N) is 2. The number of likely N-dealkylation sites (N-methyl/N-ethyl adjacent to an activating group) is 1. The second-order valence-electron chi connectivity index (χ2n) is 6.66. The lowest BCUT2D eigenvalue weighted by molar-refractivity contribution is -0.384. The Hall–Kier alpha value is -3.01. The molecule has 0 saturated heterocycles. The Bertz CT molecular complexity index is 730. The molecule has 0 atom stereocenters. The van der Waals surface area contributed by atoms with Crippen molar-refractivity contribution in [3.05, 3.63) is 39.9 Å². The minimum absolute atomic E-state index is 0.00346. The molecule has 0 spiro atoms. The number of non-ortho nitro benzene ring substituents is 1. The molecule has 3 N–H and O–H groups in total. The number of amides is 2. The van der Waals surface area contributed by atoms with Crippen LogP contribution >= 0.6 is 0 Å². The Morgan fingerprint density at radius 3 is 2.43 bits per heavy atom. The summed E-state index contributed by atoms with van der Waals surface area (Å²) < 4.78 is 0. The quantitative estimate of drug-likeness (QED) is 0.394. The van der Waals surface area contributed by atoms with E-state index in [4.69, 9.17) is 5.11 Å². The zero-order valence-corrected chi connectivity index (χ0v) is 15.6. The molecule has 10 heteroatoms. The third-order valence-electron chi connectivity index (χ3n) is 4.72. The number of nitrogens with zero attached hydrogens (tertiary/aromatic N) is 2. The number of nitro groups is 1. The van der Waals surface area contributed by atoms with Crippen LogP contribution in [-0.4, -0.2) is 64.4 Å². The highest BCUT2D eigenvalue weighted by Gasteiger charge is 2.34. The minimum atomic E-state index is -0.863. The van der Waals surface area contributed by atoms with Gasteiger partial charge in [-0.3, -0.25) is 29.4 Å². The van der Waals surface area contributed by atoms with E-state index < -0.39 is 16.8 Å². The molecule has 28 heavy (non-hydrogen) atoms. The highest BCUT2D eigenvalue weighted by molar-refractivity contribution is 5.94.